The molecule has 0 unspecified atom stereocenters. The highest BCUT2D eigenvalue weighted by Crippen LogP contribution is 2.43. The maximum Gasteiger partial charge on any atom is 0.421 e. The summed E-state index contributed by atoms with van der Waals surface area (Å²) in [5.74, 6) is -0.000770. The first kappa shape index (κ1) is 76.3. The molecule has 10 aromatic rings. The number of para-hydroxylation sites is 1. The number of aromatic nitrogens is 7. The highest BCUT2D eigenvalue weighted by atomic mass is 35.5. The molecule has 0 spiro atoms. The molecule has 532 valence electrons. The smallest absolute Gasteiger partial charge is 0.421 e. The predicted octanol–water partition coefficient (Wildman–Crippen LogP) is 17.6. The molecule has 0 saturated heterocycles. The quantitative estimate of drug-likeness (QED) is 0.0420. The van der Waals surface area contributed by atoms with Crippen LogP contribution in [0.25, 0.3) is 11.0 Å². The monoisotopic (exact) mass is 1510 g/mol. The summed E-state index contributed by atoms with van der Waals surface area (Å²) < 4.78 is 188. The molecule has 34 heteroatoms. The third-order valence-corrected chi connectivity index (χ3v) is 22.6. The van der Waals surface area contributed by atoms with E-state index < -0.39 is 77.5 Å². The zero-order valence-corrected chi connectivity index (χ0v) is 60.2. The summed E-state index contributed by atoms with van der Waals surface area (Å²) in [7, 11) is -9.38. The molecule has 101 heavy (non-hydrogen) atoms. The van der Waals surface area contributed by atoms with Crippen LogP contribution in [-0.4, -0.2) is 102 Å². The van der Waals surface area contributed by atoms with Crippen LogP contribution in [0.1, 0.15) is 41.7 Å². The van der Waals surface area contributed by atoms with Gasteiger partial charge < -0.3 is 49.9 Å². The Balaban J connectivity index is 0.000000177. The Morgan fingerprint density at radius 1 is 0.545 bits per heavy atom. The summed E-state index contributed by atoms with van der Waals surface area (Å²) in [5.41, 5.74) is 0.640. The van der Waals surface area contributed by atoms with Crippen LogP contribution in [0.5, 0.6) is 5.75 Å². The molecule has 0 amide bonds. The molecule has 19 nitrogen and oxygen atoms in total. The van der Waals surface area contributed by atoms with E-state index in [0.717, 1.165) is 29.5 Å². The van der Waals surface area contributed by atoms with Crippen LogP contribution in [-0.2, 0) is 55.0 Å². The van der Waals surface area contributed by atoms with Crippen LogP contribution < -0.4 is 52.1 Å². The Morgan fingerprint density at radius 2 is 1.12 bits per heavy atom. The summed E-state index contributed by atoms with van der Waals surface area (Å²) in [6, 6.07) is 35.8. The molecule has 5 N–H and O–H groups in total. The fourth-order valence-corrected chi connectivity index (χ4v) is 14.4. The molecule has 1 aliphatic heterocycles. The fourth-order valence-electron chi connectivity index (χ4n) is 9.94. The highest BCUT2D eigenvalue weighted by Gasteiger charge is 2.39. The number of halogens is 11. The Kier molecular flexibility index (Phi) is 23.0. The summed E-state index contributed by atoms with van der Waals surface area (Å²) in [6.45, 7) is 13.7. The number of pyridine rings is 1. The average molecular weight is 1520 g/mol. The van der Waals surface area contributed by atoms with Crippen LogP contribution in [0, 0.1) is 0 Å². The number of rotatable bonds is 17. The molecule has 1 aliphatic rings. The van der Waals surface area contributed by atoms with Crippen molar-refractivity contribution in [2.45, 2.75) is 55.5 Å². The average Bonchev–Trinajstić information content (AvgIpc) is 0.791. The second kappa shape index (κ2) is 30.4. The van der Waals surface area contributed by atoms with Gasteiger partial charge in [0.05, 0.1) is 39.6 Å². The summed E-state index contributed by atoms with van der Waals surface area (Å²) in [4.78, 5) is 30.8. The van der Waals surface area contributed by atoms with Crippen molar-refractivity contribution in [2.24, 2.45) is 0 Å². The molecule has 11 rings (SSSR count). The third-order valence-electron chi connectivity index (χ3n) is 15.2. The first-order chi connectivity index (χ1) is 47.1. The van der Waals surface area contributed by atoms with Crippen molar-refractivity contribution in [3.63, 3.8) is 0 Å². The topological polar surface area (TPSA) is 248 Å². The van der Waals surface area contributed by atoms with Crippen molar-refractivity contribution >= 4 is 145 Å². The van der Waals surface area contributed by atoms with Crippen LogP contribution >= 0.6 is 44.6 Å². The van der Waals surface area contributed by atoms with E-state index in [0.29, 0.717) is 96.5 Å². The lowest BCUT2D eigenvalue weighted by Gasteiger charge is -2.32. The number of ether oxygens (including phenoxy) is 1. The molecule has 0 saturated carbocycles. The molecular weight excluding hydrogens is 1450 g/mol. The molecule has 5 heterocycles. The zero-order valence-electron chi connectivity index (χ0n) is 55.1. The first-order valence-corrected chi connectivity index (χ1v) is 40.4. The number of alkyl halides is 9. The maximum absolute atomic E-state index is 13.7. The van der Waals surface area contributed by atoms with Gasteiger partial charge in [-0.1, -0.05) is 41.4 Å². The normalized spacial score (nSPS) is 12.9. The molecule has 0 aliphatic carbocycles. The first-order valence-electron chi connectivity index (χ1n) is 30.3. The largest absolute Gasteiger partial charge is 0.495 e. The van der Waals surface area contributed by atoms with Gasteiger partial charge in [-0.15, -0.1) is 0 Å². The fraction of sp³-hybridized carbons (Fsp3) is 0.239. The summed E-state index contributed by atoms with van der Waals surface area (Å²) in [6.07, 6.45) is -10.7. The van der Waals surface area contributed by atoms with E-state index in [-0.39, 0.29) is 40.8 Å². The van der Waals surface area contributed by atoms with Crippen LogP contribution in [0.3, 0.4) is 0 Å². The lowest BCUT2D eigenvalue weighted by atomic mass is 9.99. The van der Waals surface area contributed by atoms with Gasteiger partial charge in [0, 0.05) is 74.7 Å². The zero-order chi connectivity index (χ0) is 73.8. The van der Waals surface area contributed by atoms with Gasteiger partial charge in [0.1, 0.15) is 55.8 Å². The van der Waals surface area contributed by atoms with E-state index in [1.165, 1.54) is 13.2 Å². The van der Waals surface area contributed by atoms with Crippen molar-refractivity contribution in [1.29, 1.82) is 0 Å². The van der Waals surface area contributed by atoms with Crippen LogP contribution in [0.2, 0.25) is 10.0 Å². The van der Waals surface area contributed by atoms with Crippen LogP contribution in [0.4, 0.5) is 103 Å². The lowest BCUT2D eigenvalue weighted by molar-refractivity contribution is -0.138. The number of anilines is 11. The number of sulfone groups is 1. The Morgan fingerprint density at radius 3 is 1.69 bits per heavy atom. The van der Waals surface area contributed by atoms with E-state index in [4.69, 9.17) is 27.9 Å². The highest BCUT2D eigenvalue weighted by molar-refractivity contribution is 7.92. The standard InChI is InChI=1S/C25H28N5O4PS.C22H20Cl2F3N4OP.C20H17F6N4OP/c1-16(2)36(32,33)22-11-7-6-10-20(22)27-24-18-9-8-14-26-23(18)29-25(30-24)28-19-13-12-17(35(4,5)31)15-21(19)34-3;1-33(2,32)16-5-3-15(4-6-16)29-21-28-11-18(22(25,26)27)20(30-21)31-8-7-17-13(12-31)9-14(23)10-19(17)24;1-32(2,31)15-8-6-13(7-9-15)29-18-27-11-16(20(24,25)26)17(30-18)28-14-5-3-4-12(10-14)19(21,22)23/h6-16H,1-5H3,(H2,26,27,28,29,30);3-6,9-11H,7-8,12H2,1-2H3,(H,28,29,30);3-11H,1-2H3,(H2,27,28,29,30). The second-order valence-electron chi connectivity index (χ2n) is 24.2. The molecular formula is C67H65Cl2F9N13O6P3S. The van der Waals surface area contributed by atoms with Crippen molar-refractivity contribution in [3.05, 3.63) is 196 Å². The molecule has 0 bridgehead atoms. The lowest BCUT2D eigenvalue weighted by Crippen LogP contribution is -2.33. The van der Waals surface area contributed by atoms with Gasteiger partial charge in [-0.25, -0.2) is 23.4 Å². The number of hydrogen-bond donors (Lipinski definition) is 5. The maximum atomic E-state index is 13.7. The van der Waals surface area contributed by atoms with Gasteiger partial charge in [0.2, 0.25) is 17.8 Å². The van der Waals surface area contributed by atoms with Gasteiger partial charge in [0.15, 0.2) is 15.5 Å². The van der Waals surface area contributed by atoms with E-state index >= 15 is 0 Å². The molecule has 0 radical (unpaired) electrons. The number of methoxy groups -OCH3 is 1. The predicted molar refractivity (Wildman–Crippen MR) is 382 cm³/mol. The summed E-state index contributed by atoms with van der Waals surface area (Å²) >= 11 is 12.4. The minimum Gasteiger partial charge on any atom is -0.495 e. The molecule has 6 aromatic carbocycles. The minimum absolute atomic E-state index is 0.0249. The minimum atomic E-state index is -4.84. The van der Waals surface area contributed by atoms with Gasteiger partial charge in [-0.3, -0.25) is 0 Å². The Labute approximate surface area is 585 Å². The molecule has 0 atom stereocenters. The van der Waals surface area contributed by atoms with Gasteiger partial charge >= 0.3 is 18.5 Å². The van der Waals surface area contributed by atoms with Gasteiger partial charge in [-0.05, 0) is 193 Å². The SMILES string of the molecule is COc1cc(P(C)(C)=O)ccc1Nc1nc(Nc2ccccc2S(=O)(=O)C(C)C)c2cccnc2n1.CP(C)(=O)c1ccc(Nc2ncc(C(F)(F)F)c(N3CCc4c(Cl)cc(Cl)cc4C3)n2)cc1.CP(C)(=O)c1ccc(Nc2ncc(C(F)(F)F)c(Nc3cccc(C(F)(F)F)c3)n2)cc1. The Hall–Kier alpha value is -8.84. The van der Waals surface area contributed by atoms with Crippen LogP contribution in [0.15, 0.2) is 163 Å². The number of fused-ring (bicyclic) bond motifs is 2. The van der Waals surface area contributed by atoms with Crippen molar-refractivity contribution in [3.8, 4) is 5.75 Å². The molecule has 0 fully saturated rings. The Bertz CT molecular complexity index is 4970. The summed E-state index contributed by atoms with van der Waals surface area (Å²) in [5, 5.41) is 17.3. The van der Waals surface area contributed by atoms with E-state index in [2.05, 4.69) is 61.5 Å². The van der Waals surface area contributed by atoms with Crippen molar-refractivity contribution < 1.29 is 66.4 Å². The third kappa shape index (κ3) is 19.4. The number of hydrogen-bond acceptors (Lipinski definition) is 19. The van der Waals surface area contributed by atoms with E-state index in [1.807, 2.05) is 6.07 Å². The number of benzene rings is 6. The number of nitrogens with one attached hydrogen (secondary N) is 5. The molecule has 4 aromatic heterocycles. The van der Waals surface area contributed by atoms with E-state index in [1.54, 1.807) is 174 Å². The van der Waals surface area contributed by atoms with E-state index in [9.17, 15) is 61.6 Å². The second-order valence-corrected chi connectivity index (χ2v) is 37.1. The van der Waals surface area contributed by atoms with Crippen molar-refractivity contribution in [1.82, 2.24) is 34.9 Å². The van der Waals surface area contributed by atoms with Gasteiger partial charge in [0.25, 0.3) is 0 Å². The number of nitrogens with zero attached hydrogens (tertiary/aromatic N) is 8. The van der Waals surface area contributed by atoms with Crippen molar-refractivity contribution in [2.75, 3.05) is 85.1 Å². The van der Waals surface area contributed by atoms with Gasteiger partial charge in [-0.2, -0.15) is 59.4 Å².